The second-order valence-corrected chi connectivity index (χ2v) is 8.88. The van der Waals surface area contributed by atoms with E-state index in [9.17, 15) is 9.59 Å². The lowest BCUT2D eigenvalue weighted by molar-refractivity contribution is -0.141. The first kappa shape index (κ1) is 19.7. The first-order valence-electron chi connectivity index (χ1n) is 8.95. The van der Waals surface area contributed by atoms with Gasteiger partial charge in [-0.3, -0.25) is 9.59 Å². The summed E-state index contributed by atoms with van der Waals surface area (Å²) in [5, 5.41) is 0. The molecule has 1 aromatic heterocycles. The van der Waals surface area contributed by atoms with E-state index in [1.165, 1.54) is 10.4 Å². The maximum absolute atomic E-state index is 12.7. The fraction of sp³-hybridized carbons (Fsp3) is 0.333. The Morgan fingerprint density at radius 1 is 1.19 bits per heavy atom. The highest BCUT2D eigenvalue weighted by Crippen LogP contribution is 2.29. The number of benzene rings is 1. The SMILES string of the molecule is CC(C)N(C)C(=O)C1CSCN1C(=O)C=Cc1ccc(-c2ccccc2)s1. The third-order valence-electron chi connectivity index (χ3n) is 4.65. The Morgan fingerprint density at radius 3 is 2.63 bits per heavy atom. The molecule has 6 heteroatoms. The van der Waals surface area contributed by atoms with Gasteiger partial charge in [0.25, 0.3) is 0 Å². The number of nitrogens with zero attached hydrogens (tertiary/aromatic N) is 2. The number of amides is 2. The number of hydrogen-bond donors (Lipinski definition) is 0. The molecule has 0 aliphatic carbocycles. The molecule has 2 heterocycles. The summed E-state index contributed by atoms with van der Waals surface area (Å²) in [4.78, 5) is 30.9. The van der Waals surface area contributed by atoms with Crippen molar-refractivity contribution in [2.75, 3.05) is 18.7 Å². The van der Waals surface area contributed by atoms with Gasteiger partial charge in [0.15, 0.2) is 0 Å². The van der Waals surface area contributed by atoms with Crippen LogP contribution in [0.15, 0.2) is 48.5 Å². The Kier molecular flexibility index (Phi) is 6.39. The predicted octanol–water partition coefficient (Wildman–Crippen LogP) is 4.20. The third-order valence-corrected chi connectivity index (χ3v) is 6.76. The Labute approximate surface area is 168 Å². The van der Waals surface area contributed by atoms with Crippen LogP contribution in [0.1, 0.15) is 18.7 Å². The van der Waals surface area contributed by atoms with Crippen molar-refractivity contribution in [1.82, 2.24) is 9.80 Å². The Balaban J connectivity index is 1.68. The van der Waals surface area contributed by atoms with E-state index in [4.69, 9.17) is 0 Å². The zero-order chi connectivity index (χ0) is 19.4. The van der Waals surface area contributed by atoms with Crippen LogP contribution < -0.4 is 0 Å². The van der Waals surface area contributed by atoms with Crippen LogP contribution in [0, 0.1) is 0 Å². The third kappa shape index (κ3) is 4.62. The highest BCUT2D eigenvalue weighted by atomic mass is 32.2. The zero-order valence-corrected chi connectivity index (χ0v) is 17.4. The van der Waals surface area contributed by atoms with Crippen molar-refractivity contribution >= 4 is 41.0 Å². The molecule has 0 spiro atoms. The lowest BCUT2D eigenvalue weighted by Gasteiger charge is -2.29. The average molecular weight is 401 g/mol. The summed E-state index contributed by atoms with van der Waals surface area (Å²) in [6, 6.07) is 14.0. The molecule has 1 fully saturated rings. The molecular weight excluding hydrogens is 376 g/mol. The smallest absolute Gasteiger partial charge is 0.247 e. The quantitative estimate of drug-likeness (QED) is 0.707. The molecule has 1 unspecified atom stereocenters. The van der Waals surface area contributed by atoms with Gasteiger partial charge >= 0.3 is 0 Å². The van der Waals surface area contributed by atoms with Gasteiger partial charge in [-0.25, -0.2) is 0 Å². The molecule has 1 saturated heterocycles. The molecule has 3 rings (SSSR count). The van der Waals surface area contributed by atoms with Gasteiger partial charge in [0.05, 0.1) is 5.88 Å². The average Bonchev–Trinajstić information content (AvgIpc) is 3.35. The van der Waals surface area contributed by atoms with Crippen LogP contribution in [-0.4, -0.2) is 52.4 Å². The van der Waals surface area contributed by atoms with Gasteiger partial charge < -0.3 is 9.80 Å². The molecule has 27 heavy (non-hydrogen) atoms. The van der Waals surface area contributed by atoms with Crippen molar-refractivity contribution in [3.05, 3.63) is 53.4 Å². The Bertz CT molecular complexity index is 830. The van der Waals surface area contributed by atoms with Crippen LogP contribution in [0.4, 0.5) is 0 Å². The molecule has 0 N–H and O–H groups in total. The molecule has 1 atom stereocenters. The minimum absolute atomic E-state index is 0.0132. The Morgan fingerprint density at radius 2 is 1.93 bits per heavy atom. The summed E-state index contributed by atoms with van der Waals surface area (Å²) >= 11 is 3.27. The lowest BCUT2D eigenvalue weighted by Crippen LogP contribution is -2.49. The molecule has 0 saturated carbocycles. The predicted molar refractivity (Wildman–Crippen MR) is 115 cm³/mol. The number of carbonyl (C=O) groups is 2. The number of rotatable bonds is 5. The standard InChI is InChI=1S/C21H24N2O2S2/c1-15(2)22(3)21(25)18-13-26-14-23(18)20(24)12-10-17-9-11-19(27-17)16-7-5-4-6-8-16/h4-12,15,18H,13-14H2,1-3H3. The van der Waals surface area contributed by atoms with Crippen LogP contribution in [-0.2, 0) is 9.59 Å². The number of carbonyl (C=O) groups excluding carboxylic acids is 2. The number of thiophene rings is 1. The summed E-state index contributed by atoms with van der Waals surface area (Å²) in [5.41, 5.74) is 1.17. The minimum Gasteiger partial charge on any atom is -0.342 e. The van der Waals surface area contributed by atoms with E-state index in [1.807, 2.05) is 44.2 Å². The fourth-order valence-electron chi connectivity index (χ4n) is 2.80. The first-order chi connectivity index (χ1) is 13.0. The molecule has 142 valence electrons. The van der Waals surface area contributed by atoms with Crippen molar-refractivity contribution in [2.24, 2.45) is 0 Å². The summed E-state index contributed by atoms with van der Waals surface area (Å²) < 4.78 is 0. The van der Waals surface area contributed by atoms with Crippen molar-refractivity contribution < 1.29 is 9.59 Å². The summed E-state index contributed by atoms with van der Waals surface area (Å²) in [5.74, 6) is 1.13. The molecule has 2 aromatic rings. The fourth-order valence-corrected chi connectivity index (χ4v) is 4.87. The van der Waals surface area contributed by atoms with Gasteiger partial charge in [0.1, 0.15) is 6.04 Å². The number of likely N-dealkylation sites (N-methyl/N-ethyl adjacent to an activating group) is 1. The first-order valence-corrected chi connectivity index (χ1v) is 10.9. The van der Waals surface area contributed by atoms with E-state index < -0.39 is 0 Å². The molecule has 0 bridgehead atoms. The summed E-state index contributed by atoms with van der Waals surface area (Å²) in [6.07, 6.45) is 3.43. The molecule has 1 aliphatic heterocycles. The van der Waals surface area contributed by atoms with Crippen LogP contribution in [0.2, 0.25) is 0 Å². The molecular formula is C21H24N2O2S2. The minimum atomic E-state index is -0.372. The molecule has 2 amide bonds. The van der Waals surface area contributed by atoms with Crippen LogP contribution in [0.5, 0.6) is 0 Å². The van der Waals surface area contributed by atoms with Gasteiger partial charge in [-0.05, 0) is 37.6 Å². The van der Waals surface area contributed by atoms with Crippen molar-refractivity contribution in [2.45, 2.75) is 25.9 Å². The van der Waals surface area contributed by atoms with Crippen LogP contribution in [0.25, 0.3) is 16.5 Å². The number of hydrogen-bond acceptors (Lipinski definition) is 4. The van der Waals surface area contributed by atoms with Gasteiger partial charge in [0.2, 0.25) is 11.8 Å². The number of thioether (sulfide) groups is 1. The van der Waals surface area contributed by atoms with E-state index >= 15 is 0 Å². The second kappa shape index (κ2) is 8.76. The van der Waals surface area contributed by atoms with Crippen molar-refractivity contribution in [3.8, 4) is 10.4 Å². The van der Waals surface area contributed by atoms with Crippen molar-refractivity contribution in [3.63, 3.8) is 0 Å². The van der Waals surface area contributed by atoms with E-state index in [0.717, 1.165) is 4.88 Å². The molecule has 4 nitrogen and oxygen atoms in total. The topological polar surface area (TPSA) is 40.6 Å². The second-order valence-electron chi connectivity index (χ2n) is 6.77. The molecule has 1 aliphatic rings. The van der Waals surface area contributed by atoms with E-state index in [2.05, 4.69) is 18.2 Å². The maximum Gasteiger partial charge on any atom is 0.247 e. The normalized spacial score (nSPS) is 17.0. The largest absolute Gasteiger partial charge is 0.342 e. The lowest BCUT2D eigenvalue weighted by atomic mass is 10.2. The zero-order valence-electron chi connectivity index (χ0n) is 15.8. The highest BCUT2D eigenvalue weighted by molar-refractivity contribution is 7.99. The van der Waals surface area contributed by atoms with E-state index in [1.54, 1.807) is 46.0 Å². The van der Waals surface area contributed by atoms with Gasteiger partial charge in [-0.1, -0.05) is 30.3 Å². The van der Waals surface area contributed by atoms with E-state index in [-0.39, 0.29) is 23.9 Å². The van der Waals surface area contributed by atoms with Crippen LogP contribution >= 0.6 is 23.1 Å². The van der Waals surface area contributed by atoms with Gasteiger partial charge in [-0.2, -0.15) is 0 Å². The van der Waals surface area contributed by atoms with Gasteiger partial charge in [-0.15, -0.1) is 23.1 Å². The van der Waals surface area contributed by atoms with E-state index in [0.29, 0.717) is 11.6 Å². The highest BCUT2D eigenvalue weighted by Gasteiger charge is 2.35. The monoisotopic (exact) mass is 400 g/mol. The summed E-state index contributed by atoms with van der Waals surface area (Å²) in [7, 11) is 1.80. The van der Waals surface area contributed by atoms with Crippen LogP contribution in [0.3, 0.4) is 0 Å². The maximum atomic E-state index is 12.7. The molecule has 0 radical (unpaired) electrons. The Hall–Kier alpha value is -2.05. The summed E-state index contributed by atoms with van der Waals surface area (Å²) in [6.45, 7) is 3.96. The van der Waals surface area contributed by atoms with Crippen molar-refractivity contribution in [1.29, 1.82) is 0 Å². The van der Waals surface area contributed by atoms with Gasteiger partial charge in [0, 0.05) is 34.7 Å². The molecule has 1 aromatic carbocycles.